The summed E-state index contributed by atoms with van der Waals surface area (Å²) in [6.45, 7) is 2.14. The van der Waals surface area contributed by atoms with Crippen LogP contribution in [0, 0.1) is 5.92 Å². The largest absolute Gasteiger partial charge is 0.329 e. The molecule has 1 aliphatic rings. The molecular formula is C5H10ClN3O. The highest BCUT2D eigenvalue weighted by atomic mass is 35.5. The van der Waals surface area contributed by atoms with Crippen molar-refractivity contribution in [3.05, 3.63) is 0 Å². The van der Waals surface area contributed by atoms with Crippen molar-refractivity contribution in [1.29, 1.82) is 0 Å². The molecule has 5 heteroatoms. The zero-order chi connectivity index (χ0) is 6.85. The molecule has 4 nitrogen and oxygen atoms in total. The molecule has 1 unspecified atom stereocenters. The fraction of sp³-hybridized carbons (Fsp3) is 0.600. The molecule has 3 N–H and O–H groups in total. The summed E-state index contributed by atoms with van der Waals surface area (Å²) < 4.78 is 0. The monoisotopic (exact) mass is 163 g/mol. The molecular weight excluding hydrogens is 154 g/mol. The van der Waals surface area contributed by atoms with E-state index in [1.165, 1.54) is 0 Å². The number of hydrogen-bond donors (Lipinski definition) is 2. The fourth-order valence-corrected chi connectivity index (χ4v) is 0.766. The van der Waals surface area contributed by atoms with Crippen molar-refractivity contribution in [1.82, 2.24) is 5.43 Å². The molecule has 1 heterocycles. The van der Waals surface area contributed by atoms with Crippen molar-refractivity contribution in [2.75, 3.05) is 6.54 Å². The van der Waals surface area contributed by atoms with Crippen LogP contribution in [0.4, 0.5) is 0 Å². The Labute approximate surface area is 65.3 Å². The lowest BCUT2D eigenvalue weighted by atomic mass is 10.1. The van der Waals surface area contributed by atoms with Gasteiger partial charge in [-0.05, 0) is 6.92 Å². The Bertz CT molecular complexity index is 168. The molecule has 1 atom stereocenters. The van der Waals surface area contributed by atoms with E-state index in [9.17, 15) is 4.79 Å². The lowest BCUT2D eigenvalue weighted by Crippen LogP contribution is -2.29. The van der Waals surface area contributed by atoms with Crippen LogP contribution in [0.15, 0.2) is 5.10 Å². The molecule has 58 valence electrons. The van der Waals surface area contributed by atoms with Gasteiger partial charge in [-0.25, -0.2) is 5.43 Å². The van der Waals surface area contributed by atoms with Crippen molar-refractivity contribution >= 4 is 24.0 Å². The van der Waals surface area contributed by atoms with Crippen LogP contribution in [0.1, 0.15) is 6.92 Å². The highest BCUT2D eigenvalue weighted by Crippen LogP contribution is 2.03. The van der Waals surface area contributed by atoms with Gasteiger partial charge in [0.1, 0.15) is 0 Å². The minimum Gasteiger partial charge on any atom is -0.329 e. The van der Waals surface area contributed by atoms with E-state index in [2.05, 4.69) is 10.5 Å². The molecule has 0 radical (unpaired) electrons. The van der Waals surface area contributed by atoms with E-state index in [0.29, 0.717) is 6.54 Å². The van der Waals surface area contributed by atoms with Gasteiger partial charge in [0.25, 0.3) is 0 Å². The van der Waals surface area contributed by atoms with Gasteiger partial charge in [0, 0.05) is 12.3 Å². The number of amides is 1. The minimum absolute atomic E-state index is 0. The summed E-state index contributed by atoms with van der Waals surface area (Å²) in [6, 6.07) is 0. The van der Waals surface area contributed by atoms with Gasteiger partial charge in [-0.1, -0.05) is 0 Å². The highest BCUT2D eigenvalue weighted by molar-refractivity contribution is 6.07. The standard InChI is InChI=1S/C5H9N3O.ClH/c1-3-4(2-6)5(9)8-7-3;/h4H,2,6H2,1H3,(H,8,9);1H. The van der Waals surface area contributed by atoms with Gasteiger partial charge in [0.2, 0.25) is 5.91 Å². The molecule has 1 aliphatic heterocycles. The molecule has 0 aromatic rings. The number of hydrazone groups is 1. The van der Waals surface area contributed by atoms with E-state index in [1.54, 1.807) is 6.92 Å². The molecule has 0 bridgehead atoms. The average Bonchev–Trinajstić information content (AvgIpc) is 2.12. The Morgan fingerprint density at radius 1 is 1.80 bits per heavy atom. The van der Waals surface area contributed by atoms with E-state index in [-0.39, 0.29) is 24.2 Å². The van der Waals surface area contributed by atoms with E-state index in [1.807, 2.05) is 0 Å². The maximum Gasteiger partial charge on any atom is 0.250 e. The predicted octanol–water partition coefficient (Wildman–Crippen LogP) is -0.511. The Balaban J connectivity index is 0.000000810. The maximum absolute atomic E-state index is 10.7. The van der Waals surface area contributed by atoms with Crippen LogP contribution in [-0.4, -0.2) is 18.2 Å². The summed E-state index contributed by atoms with van der Waals surface area (Å²) in [6.07, 6.45) is 0. The Kier molecular flexibility index (Phi) is 3.32. The number of carbonyl (C=O) groups excluding carboxylic acids is 1. The topological polar surface area (TPSA) is 67.5 Å². The first-order valence-corrected chi connectivity index (χ1v) is 2.80. The second-order valence-corrected chi connectivity index (χ2v) is 2.02. The normalized spacial score (nSPS) is 23.2. The number of nitrogens with one attached hydrogen (secondary N) is 1. The number of carbonyl (C=O) groups is 1. The highest BCUT2D eigenvalue weighted by Gasteiger charge is 2.24. The van der Waals surface area contributed by atoms with Gasteiger partial charge in [-0.3, -0.25) is 4.79 Å². The van der Waals surface area contributed by atoms with Gasteiger partial charge in [-0.15, -0.1) is 12.4 Å². The molecule has 10 heavy (non-hydrogen) atoms. The number of nitrogens with zero attached hydrogens (tertiary/aromatic N) is 1. The molecule has 0 saturated heterocycles. The van der Waals surface area contributed by atoms with E-state index < -0.39 is 0 Å². The first kappa shape index (κ1) is 9.39. The van der Waals surface area contributed by atoms with Crippen LogP contribution in [0.2, 0.25) is 0 Å². The fourth-order valence-electron chi connectivity index (χ4n) is 0.766. The van der Waals surface area contributed by atoms with Crippen LogP contribution in [0.3, 0.4) is 0 Å². The molecule has 0 spiro atoms. The Morgan fingerprint density at radius 3 is 2.60 bits per heavy atom. The number of halogens is 1. The van der Waals surface area contributed by atoms with Gasteiger partial charge in [-0.2, -0.15) is 5.10 Å². The van der Waals surface area contributed by atoms with Crippen molar-refractivity contribution in [3.63, 3.8) is 0 Å². The van der Waals surface area contributed by atoms with Crippen LogP contribution >= 0.6 is 12.4 Å². The molecule has 0 aliphatic carbocycles. The summed E-state index contributed by atoms with van der Waals surface area (Å²) in [5.74, 6) is -0.278. The molecule has 0 saturated carbocycles. The van der Waals surface area contributed by atoms with E-state index in [0.717, 1.165) is 5.71 Å². The van der Waals surface area contributed by atoms with Crippen LogP contribution in [-0.2, 0) is 4.79 Å². The number of hydrogen-bond acceptors (Lipinski definition) is 3. The predicted molar refractivity (Wildman–Crippen MR) is 41.0 cm³/mol. The minimum atomic E-state index is -0.190. The van der Waals surface area contributed by atoms with Crippen LogP contribution in [0.25, 0.3) is 0 Å². The molecule has 0 fully saturated rings. The first-order valence-electron chi connectivity index (χ1n) is 2.80. The van der Waals surface area contributed by atoms with Gasteiger partial charge in [0.15, 0.2) is 0 Å². The van der Waals surface area contributed by atoms with Crippen molar-refractivity contribution in [2.24, 2.45) is 16.8 Å². The third-order valence-corrected chi connectivity index (χ3v) is 1.40. The zero-order valence-corrected chi connectivity index (χ0v) is 6.44. The smallest absolute Gasteiger partial charge is 0.250 e. The average molecular weight is 164 g/mol. The Hall–Kier alpha value is -0.610. The van der Waals surface area contributed by atoms with Crippen molar-refractivity contribution in [2.45, 2.75) is 6.92 Å². The SMILES string of the molecule is CC1=NNC(=O)C1CN.Cl. The lowest BCUT2D eigenvalue weighted by molar-refractivity contribution is -0.121. The molecule has 0 aromatic heterocycles. The quantitative estimate of drug-likeness (QED) is 0.547. The summed E-state index contributed by atoms with van der Waals surface area (Å²) >= 11 is 0. The van der Waals surface area contributed by atoms with Gasteiger partial charge < -0.3 is 5.73 Å². The number of nitrogens with two attached hydrogens (primary N) is 1. The molecule has 0 aromatic carbocycles. The third kappa shape index (κ3) is 1.46. The van der Waals surface area contributed by atoms with E-state index in [4.69, 9.17) is 5.73 Å². The maximum atomic E-state index is 10.7. The first-order chi connectivity index (χ1) is 4.25. The van der Waals surface area contributed by atoms with E-state index >= 15 is 0 Å². The molecule has 1 amide bonds. The summed E-state index contributed by atoms with van der Waals surface area (Å²) in [7, 11) is 0. The van der Waals surface area contributed by atoms with Crippen molar-refractivity contribution < 1.29 is 4.79 Å². The third-order valence-electron chi connectivity index (χ3n) is 1.40. The second kappa shape index (κ2) is 3.53. The summed E-state index contributed by atoms with van der Waals surface area (Å²) in [5, 5.41) is 3.71. The Morgan fingerprint density at radius 2 is 2.40 bits per heavy atom. The van der Waals surface area contributed by atoms with Crippen LogP contribution < -0.4 is 11.2 Å². The second-order valence-electron chi connectivity index (χ2n) is 2.02. The van der Waals surface area contributed by atoms with Gasteiger partial charge in [0.05, 0.1) is 5.92 Å². The van der Waals surface area contributed by atoms with Crippen LogP contribution in [0.5, 0.6) is 0 Å². The summed E-state index contributed by atoms with van der Waals surface area (Å²) in [5.41, 5.74) is 8.39. The van der Waals surface area contributed by atoms with Gasteiger partial charge >= 0.3 is 0 Å². The van der Waals surface area contributed by atoms with Crippen molar-refractivity contribution in [3.8, 4) is 0 Å². The molecule has 1 rings (SSSR count). The zero-order valence-electron chi connectivity index (χ0n) is 5.63. The summed E-state index contributed by atoms with van der Waals surface area (Å²) in [4.78, 5) is 10.7. The lowest BCUT2D eigenvalue weighted by Gasteiger charge is -1.99. The number of rotatable bonds is 1.